The number of aliphatic hydroxyl groups excluding tert-OH is 3. The molecule has 0 aromatic rings. The average molecular weight is 543 g/mol. The number of fused-ring (bicyclic) bond motifs is 3. The molecule has 212 valence electrons. The Kier molecular flexibility index (Phi) is 5.96. The van der Waals surface area contributed by atoms with E-state index in [1.807, 2.05) is 12.2 Å². The Hall–Kier alpha value is -1.95. The van der Waals surface area contributed by atoms with Crippen LogP contribution in [0.25, 0.3) is 0 Å². The van der Waals surface area contributed by atoms with Crippen LogP contribution >= 0.6 is 0 Å². The zero-order chi connectivity index (χ0) is 28.2. The number of epoxide rings is 1. The molecule has 4 N–H and O–H groups in total. The van der Waals surface area contributed by atoms with Gasteiger partial charge < -0.3 is 39.4 Å². The van der Waals surface area contributed by atoms with Gasteiger partial charge in [0, 0.05) is 23.8 Å². The van der Waals surface area contributed by atoms with Crippen LogP contribution in [0.1, 0.15) is 40.5 Å². The number of Topliss-reactive ketones (excluding diaryl/α,β-unsaturated/α-hetero) is 1. The second-order valence-electron chi connectivity index (χ2n) is 12.0. The first-order valence-corrected chi connectivity index (χ1v) is 13.8. The summed E-state index contributed by atoms with van der Waals surface area (Å²) in [5, 5.41) is 45.9. The standard InChI is InChI=1S/C30H38O9/c1-6-7-8-9-10-11-12-13-27-37-24-20-23-26(15-31,36-23)25(34)28(35)19(14-17(4)21(28)32)30(20,39-27)18(5)22(33)29(24,38-27)16(2)3/h8-14,18-20,22-25,31,33-35H,2,6-7,15H2,1,3-5H3/b9-8-,11-10+,13-12+/t18-,19-,20+,22-,23+,24-,25-,26+,27-,28-,29-,30+/m1/s1. The molecule has 0 amide bonds. The van der Waals surface area contributed by atoms with E-state index in [0.717, 1.165) is 12.8 Å². The van der Waals surface area contributed by atoms with Gasteiger partial charge in [-0.05, 0) is 31.4 Å². The molecule has 6 rings (SSSR count). The fourth-order valence-electron chi connectivity index (χ4n) is 8.11. The Balaban J connectivity index is 1.54. The Bertz CT molecular complexity index is 1220. The second kappa shape index (κ2) is 8.53. The molecule has 3 aliphatic heterocycles. The lowest BCUT2D eigenvalue weighted by molar-refractivity contribution is -0.407. The number of ketones is 1. The Morgan fingerprint density at radius 3 is 2.51 bits per heavy atom. The molecule has 3 heterocycles. The minimum Gasteiger partial charge on any atom is -0.393 e. The summed E-state index contributed by atoms with van der Waals surface area (Å²) in [5.41, 5.74) is -6.04. The molecule has 39 heavy (non-hydrogen) atoms. The molecular weight excluding hydrogens is 504 g/mol. The molecule has 3 saturated heterocycles. The Morgan fingerprint density at radius 2 is 1.85 bits per heavy atom. The number of allylic oxidation sites excluding steroid dienone is 5. The first-order valence-electron chi connectivity index (χ1n) is 13.8. The molecule has 3 aliphatic carbocycles. The number of unbranched alkanes of at least 4 members (excludes halogenated alkanes) is 1. The molecule has 0 aromatic heterocycles. The van der Waals surface area contributed by atoms with E-state index in [4.69, 9.17) is 18.9 Å². The molecular formula is C30H38O9. The molecule has 9 nitrogen and oxygen atoms in total. The number of ether oxygens (including phenoxy) is 4. The topological polar surface area (TPSA) is 138 Å². The van der Waals surface area contributed by atoms with E-state index < -0.39 is 82.9 Å². The number of aliphatic hydroxyl groups is 4. The molecule has 0 radical (unpaired) electrons. The van der Waals surface area contributed by atoms with Crippen LogP contribution in [0.4, 0.5) is 0 Å². The van der Waals surface area contributed by atoms with Crippen LogP contribution in [-0.4, -0.2) is 85.6 Å². The highest BCUT2D eigenvalue weighted by Crippen LogP contribution is 2.72. The number of carbonyl (C=O) groups is 1. The lowest BCUT2D eigenvalue weighted by Crippen LogP contribution is -2.76. The number of carbonyl (C=O) groups excluding carboxylic acids is 1. The van der Waals surface area contributed by atoms with Crippen LogP contribution in [-0.2, 0) is 23.7 Å². The fourth-order valence-corrected chi connectivity index (χ4v) is 8.11. The molecule has 0 spiro atoms. The Labute approximate surface area is 228 Å². The van der Waals surface area contributed by atoms with Crippen molar-refractivity contribution in [3.05, 3.63) is 60.3 Å². The molecule has 3 bridgehead atoms. The van der Waals surface area contributed by atoms with Crippen LogP contribution in [0.3, 0.4) is 0 Å². The molecule has 6 aliphatic rings. The monoisotopic (exact) mass is 542 g/mol. The minimum atomic E-state index is -2.35. The van der Waals surface area contributed by atoms with Gasteiger partial charge in [-0.25, -0.2) is 0 Å². The van der Waals surface area contributed by atoms with Gasteiger partial charge in [0.25, 0.3) is 0 Å². The highest BCUT2D eigenvalue weighted by molar-refractivity contribution is 6.05. The van der Waals surface area contributed by atoms with Gasteiger partial charge in [0.2, 0.25) is 0 Å². The van der Waals surface area contributed by atoms with Crippen LogP contribution in [0, 0.1) is 17.8 Å². The zero-order valence-electron chi connectivity index (χ0n) is 22.7. The number of hydrogen-bond donors (Lipinski definition) is 4. The van der Waals surface area contributed by atoms with Crippen molar-refractivity contribution in [1.82, 2.24) is 0 Å². The SMILES string of the molecule is C=C(C)[C@]12O[C@@]3(/C=C/C=C/C=C\CCC)O[C@@H]1[C@@H]1[C@@H]4O[C@]4(CO)[C@@H](O)[C@]4(O)C(=O)C(C)=C[C@H]4[C@@]1(O3)[C@H](C)[C@H]2O. The van der Waals surface area contributed by atoms with E-state index in [-0.39, 0.29) is 5.57 Å². The van der Waals surface area contributed by atoms with Crippen LogP contribution < -0.4 is 0 Å². The van der Waals surface area contributed by atoms with Crippen molar-refractivity contribution in [3.63, 3.8) is 0 Å². The van der Waals surface area contributed by atoms with Crippen molar-refractivity contribution in [2.75, 3.05) is 6.61 Å². The molecule has 12 atom stereocenters. The van der Waals surface area contributed by atoms with Gasteiger partial charge in [0.05, 0.1) is 18.3 Å². The van der Waals surface area contributed by atoms with Gasteiger partial charge in [-0.2, -0.15) is 0 Å². The van der Waals surface area contributed by atoms with Crippen LogP contribution in [0.5, 0.6) is 0 Å². The van der Waals surface area contributed by atoms with Crippen molar-refractivity contribution >= 4 is 5.78 Å². The van der Waals surface area contributed by atoms with Gasteiger partial charge in [-0.1, -0.05) is 63.3 Å². The van der Waals surface area contributed by atoms with Gasteiger partial charge >= 0.3 is 5.97 Å². The largest absolute Gasteiger partial charge is 0.393 e. The summed E-state index contributed by atoms with van der Waals surface area (Å²) in [6.45, 7) is 10.7. The van der Waals surface area contributed by atoms with E-state index in [1.54, 1.807) is 45.1 Å². The van der Waals surface area contributed by atoms with Crippen LogP contribution in [0.2, 0.25) is 0 Å². The maximum absolute atomic E-state index is 13.5. The maximum Gasteiger partial charge on any atom is 0.306 e. The predicted octanol–water partition coefficient (Wildman–Crippen LogP) is 1.62. The highest BCUT2D eigenvalue weighted by Gasteiger charge is 2.89. The smallest absolute Gasteiger partial charge is 0.306 e. The lowest BCUT2D eigenvalue weighted by atomic mass is 9.53. The third-order valence-electron chi connectivity index (χ3n) is 10.0. The van der Waals surface area contributed by atoms with Crippen molar-refractivity contribution in [2.45, 2.75) is 93.3 Å². The van der Waals surface area contributed by atoms with E-state index in [2.05, 4.69) is 19.6 Å². The average Bonchev–Trinajstić information content (AvgIpc) is 3.53. The predicted molar refractivity (Wildman–Crippen MR) is 139 cm³/mol. The van der Waals surface area contributed by atoms with Gasteiger partial charge in [0.1, 0.15) is 29.5 Å². The summed E-state index contributed by atoms with van der Waals surface area (Å²) < 4.78 is 25.9. The zero-order valence-corrected chi connectivity index (χ0v) is 22.7. The first kappa shape index (κ1) is 27.2. The normalized spacial score (nSPS) is 53.3. The summed E-state index contributed by atoms with van der Waals surface area (Å²) in [6.07, 6.45) is 10.0. The highest BCUT2D eigenvalue weighted by atomic mass is 16.9. The second-order valence-corrected chi connectivity index (χ2v) is 12.0. The van der Waals surface area contributed by atoms with Crippen molar-refractivity contribution in [2.24, 2.45) is 17.8 Å². The van der Waals surface area contributed by atoms with Gasteiger partial charge in [-0.3, -0.25) is 4.79 Å². The molecule has 5 fully saturated rings. The molecule has 0 aromatic carbocycles. The van der Waals surface area contributed by atoms with Crippen LogP contribution in [0.15, 0.2) is 60.3 Å². The minimum absolute atomic E-state index is 0.259. The summed E-state index contributed by atoms with van der Waals surface area (Å²) in [6, 6.07) is 0. The first-order chi connectivity index (χ1) is 18.4. The van der Waals surface area contributed by atoms with Crippen molar-refractivity contribution in [1.29, 1.82) is 0 Å². The van der Waals surface area contributed by atoms with E-state index in [1.165, 1.54) is 0 Å². The van der Waals surface area contributed by atoms with E-state index >= 15 is 0 Å². The van der Waals surface area contributed by atoms with E-state index in [9.17, 15) is 25.2 Å². The van der Waals surface area contributed by atoms with Gasteiger partial charge in [-0.15, -0.1) is 0 Å². The van der Waals surface area contributed by atoms with Crippen molar-refractivity contribution < 1.29 is 44.2 Å². The third-order valence-corrected chi connectivity index (χ3v) is 10.0. The number of rotatable bonds is 7. The lowest BCUT2D eigenvalue weighted by Gasteiger charge is -2.60. The summed E-state index contributed by atoms with van der Waals surface area (Å²) in [5.74, 6) is -4.95. The van der Waals surface area contributed by atoms with Gasteiger partial charge in [0.15, 0.2) is 11.4 Å². The summed E-state index contributed by atoms with van der Waals surface area (Å²) in [7, 11) is 0. The summed E-state index contributed by atoms with van der Waals surface area (Å²) >= 11 is 0. The molecule has 2 saturated carbocycles. The maximum atomic E-state index is 13.5. The van der Waals surface area contributed by atoms with E-state index in [0.29, 0.717) is 5.57 Å². The Morgan fingerprint density at radius 1 is 1.13 bits per heavy atom. The summed E-state index contributed by atoms with van der Waals surface area (Å²) in [4.78, 5) is 13.5. The molecule has 9 heteroatoms. The quantitative estimate of drug-likeness (QED) is 0.215. The third kappa shape index (κ3) is 3.05. The fraction of sp³-hybridized carbons (Fsp3) is 0.633. The van der Waals surface area contributed by atoms with Crippen molar-refractivity contribution in [3.8, 4) is 0 Å². The number of hydrogen-bond acceptors (Lipinski definition) is 9. The molecule has 0 unspecified atom stereocenters.